The number of piperazine rings is 1. The first kappa shape index (κ1) is 18.8. The van der Waals surface area contributed by atoms with Crippen molar-refractivity contribution in [1.29, 1.82) is 0 Å². The van der Waals surface area contributed by atoms with Gasteiger partial charge in [-0.15, -0.1) is 6.42 Å². The number of carboxylic acid groups (broad SMARTS) is 1. The molecule has 2 fully saturated rings. The Morgan fingerprint density at radius 1 is 1.31 bits per heavy atom. The summed E-state index contributed by atoms with van der Waals surface area (Å²) in [5.74, 6) is 2.52. The number of amides is 1. The summed E-state index contributed by atoms with van der Waals surface area (Å²) < 4.78 is 5.68. The number of hydrogen-bond acceptors (Lipinski definition) is 4. The molecule has 0 radical (unpaired) electrons. The first-order chi connectivity index (χ1) is 12.6. The minimum absolute atomic E-state index is 0.150. The fourth-order valence-electron chi connectivity index (χ4n) is 3.55. The van der Waals surface area contributed by atoms with E-state index in [0.717, 1.165) is 44.8 Å². The van der Waals surface area contributed by atoms with E-state index in [0.29, 0.717) is 24.7 Å². The number of rotatable bonds is 5. The molecule has 140 valence electrons. The summed E-state index contributed by atoms with van der Waals surface area (Å²) in [6.45, 7) is 5.41. The highest BCUT2D eigenvalue weighted by Crippen LogP contribution is 2.30. The lowest BCUT2D eigenvalue weighted by Crippen LogP contribution is -2.47. The number of benzene rings is 1. The van der Waals surface area contributed by atoms with Crippen LogP contribution in [0.4, 0.5) is 10.5 Å². The van der Waals surface area contributed by atoms with Crippen LogP contribution in [0.15, 0.2) is 18.2 Å². The summed E-state index contributed by atoms with van der Waals surface area (Å²) in [4.78, 5) is 17.1. The van der Waals surface area contributed by atoms with Crippen molar-refractivity contribution in [3.8, 4) is 12.3 Å². The van der Waals surface area contributed by atoms with Crippen LogP contribution in [0.25, 0.3) is 0 Å². The molecule has 7 heteroatoms. The van der Waals surface area contributed by atoms with Gasteiger partial charge in [-0.1, -0.05) is 23.6 Å². The molecule has 1 atom stereocenters. The number of halogens is 1. The van der Waals surface area contributed by atoms with Crippen molar-refractivity contribution in [2.24, 2.45) is 0 Å². The third-order valence-electron chi connectivity index (χ3n) is 4.97. The van der Waals surface area contributed by atoms with Crippen LogP contribution in [0.1, 0.15) is 12.0 Å². The molecule has 0 saturated carbocycles. The zero-order chi connectivity index (χ0) is 18.5. The van der Waals surface area contributed by atoms with Crippen molar-refractivity contribution in [2.45, 2.75) is 19.1 Å². The number of hydrogen-bond donors (Lipinski definition) is 1. The Labute approximate surface area is 159 Å². The van der Waals surface area contributed by atoms with Gasteiger partial charge in [-0.2, -0.15) is 0 Å². The summed E-state index contributed by atoms with van der Waals surface area (Å²) in [6, 6.07) is 5.99. The average Bonchev–Trinajstić information content (AvgIpc) is 3.10. The molecule has 1 N–H and O–H groups in total. The van der Waals surface area contributed by atoms with Crippen molar-refractivity contribution in [2.75, 3.05) is 50.8 Å². The molecular weight excluding hydrogens is 354 g/mol. The topological polar surface area (TPSA) is 56.2 Å². The van der Waals surface area contributed by atoms with E-state index in [-0.39, 0.29) is 6.10 Å². The predicted molar refractivity (Wildman–Crippen MR) is 102 cm³/mol. The largest absolute Gasteiger partial charge is 0.465 e. The van der Waals surface area contributed by atoms with Crippen LogP contribution in [0, 0.1) is 12.3 Å². The molecular formula is C19H24ClN3O3. The standard InChI is InChI=1S/C19H24ClN3O3/c1-2-11-26-17-5-6-23(14-17)18-12-16(20)4-3-15(18)13-21-7-9-22(10-8-21)19(24)25/h1,3-4,12,17H,5-11,13-14H2,(H,24,25). The highest BCUT2D eigenvalue weighted by atomic mass is 35.5. The van der Waals surface area contributed by atoms with Gasteiger partial charge in [0.1, 0.15) is 6.61 Å². The van der Waals surface area contributed by atoms with Gasteiger partial charge < -0.3 is 19.6 Å². The molecule has 2 saturated heterocycles. The van der Waals surface area contributed by atoms with Gasteiger partial charge in [-0.25, -0.2) is 4.79 Å². The fourth-order valence-corrected chi connectivity index (χ4v) is 3.72. The molecule has 2 aliphatic heterocycles. The summed E-state index contributed by atoms with van der Waals surface area (Å²) in [6.07, 6.45) is 5.54. The van der Waals surface area contributed by atoms with Crippen molar-refractivity contribution in [3.05, 3.63) is 28.8 Å². The summed E-state index contributed by atoms with van der Waals surface area (Å²) in [7, 11) is 0. The molecule has 0 spiro atoms. The Morgan fingerprint density at radius 3 is 2.77 bits per heavy atom. The zero-order valence-corrected chi connectivity index (χ0v) is 15.5. The normalized spacial score (nSPS) is 21.0. The quantitative estimate of drug-likeness (QED) is 0.798. The SMILES string of the molecule is C#CCOC1CCN(c2cc(Cl)ccc2CN2CCN(C(=O)O)CC2)C1. The maximum atomic E-state index is 11.1. The van der Waals surface area contributed by atoms with Crippen LogP contribution in [0.5, 0.6) is 0 Å². The Balaban J connectivity index is 1.65. The second-order valence-electron chi connectivity index (χ2n) is 6.69. The van der Waals surface area contributed by atoms with Gasteiger partial charge in [0, 0.05) is 56.5 Å². The number of terminal acetylenes is 1. The number of anilines is 1. The van der Waals surface area contributed by atoms with Crippen molar-refractivity contribution in [1.82, 2.24) is 9.80 Å². The molecule has 2 heterocycles. The van der Waals surface area contributed by atoms with Crippen molar-refractivity contribution < 1.29 is 14.6 Å². The van der Waals surface area contributed by atoms with Crippen LogP contribution in [-0.2, 0) is 11.3 Å². The van der Waals surface area contributed by atoms with Crippen LogP contribution in [-0.4, -0.2) is 73.0 Å². The van der Waals surface area contributed by atoms with Gasteiger partial charge in [0.25, 0.3) is 0 Å². The second kappa shape index (κ2) is 8.63. The lowest BCUT2D eigenvalue weighted by molar-refractivity contribution is 0.0947. The molecule has 1 unspecified atom stereocenters. The summed E-state index contributed by atoms with van der Waals surface area (Å²) in [5.41, 5.74) is 2.33. The molecule has 0 aromatic heterocycles. The number of ether oxygens (including phenoxy) is 1. The van der Waals surface area contributed by atoms with Crippen LogP contribution < -0.4 is 4.90 Å². The number of nitrogens with zero attached hydrogens (tertiary/aromatic N) is 3. The van der Waals surface area contributed by atoms with E-state index in [1.54, 1.807) is 0 Å². The molecule has 1 amide bonds. The van der Waals surface area contributed by atoms with Gasteiger partial charge in [0.2, 0.25) is 0 Å². The molecule has 1 aromatic rings. The maximum absolute atomic E-state index is 11.1. The van der Waals surface area contributed by atoms with E-state index >= 15 is 0 Å². The molecule has 6 nitrogen and oxygen atoms in total. The zero-order valence-electron chi connectivity index (χ0n) is 14.7. The minimum Gasteiger partial charge on any atom is -0.465 e. The van der Waals surface area contributed by atoms with Gasteiger partial charge in [-0.05, 0) is 24.1 Å². The highest BCUT2D eigenvalue weighted by molar-refractivity contribution is 6.30. The van der Waals surface area contributed by atoms with E-state index in [2.05, 4.69) is 21.8 Å². The summed E-state index contributed by atoms with van der Waals surface area (Å²) >= 11 is 6.24. The van der Waals surface area contributed by atoms with Crippen molar-refractivity contribution in [3.63, 3.8) is 0 Å². The van der Waals surface area contributed by atoms with Gasteiger partial charge >= 0.3 is 6.09 Å². The van der Waals surface area contributed by atoms with Gasteiger partial charge in [0.15, 0.2) is 0 Å². The minimum atomic E-state index is -0.841. The second-order valence-corrected chi connectivity index (χ2v) is 7.13. The van der Waals surface area contributed by atoms with Gasteiger partial charge in [-0.3, -0.25) is 4.90 Å². The molecule has 0 aliphatic carbocycles. The maximum Gasteiger partial charge on any atom is 0.407 e. The molecule has 26 heavy (non-hydrogen) atoms. The van der Waals surface area contributed by atoms with E-state index in [9.17, 15) is 4.79 Å². The Hall–Kier alpha value is -1.94. The van der Waals surface area contributed by atoms with Crippen LogP contribution in [0.2, 0.25) is 5.02 Å². The molecule has 3 rings (SSSR count). The third-order valence-corrected chi connectivity index (χ3v) is 5.21. The highest BCUT2D eigenvalue weighted by Gasteiger charge is 2.26. The van der Waals surface area contributed by atoms with E-state index in [1.807, 2.05) is 12.1 Å². The first-order valence-corrected chi connectivity index (χ1v) is 9.23. The smallest absolute Gasteiger partial charge is 0.407 e. The Bertz CT molecular complexity index is 683. The van der Waals surface area contributed by atoms with E-state index in [1.165, 1.54) is 10.5 Å². The molecule has 0 bridgehead atoms. The average molecular weight is 378 g/mol. The predicted octanol–water partition coefficient (Wildman–Crippen LogP) is 2.36. The van der Waals surface area contributed by atoms with Crippen LogP contribution in [0.3, 0.4) is 0 Å². The summed E-state index contributed by atoms with van der Waals surface area (Å²) in [5, 5.41) is 9.80. The number of carbonyl (C=O) groups is 1. The lowest BCUT2D eigenvalue weighted by Gasteiger charge is -2.34. The molecule has 2 aliphatic rings. The Kier molecular flexibility index (Phi) is 6.25. The van der Waals surface area contributed by atoms with Crippen molar-refractivity contribution >= 4 is 23.4 Å². The monoisotopic (exact) mass is 377 g/mol. The Morgan fingerprint density at radius 2 is 2.08 bits per heavy atom. The first-order valence-electron chi connectivity index (χ1n) is 8.85. The lowest BCUT2D eigenvalue weighted by atomic mass is 10.1. The molecule has 1 aromatic carbocycles. The van der Waals surface area contributed by atoms with E-state index in [4.69, 9.17) is 27.9 Å². The van der Waals surface area contributed by atoms with E-state index < -0.39 is 6.09 Å². The van der Waals surface area contributed by atoms with Crippen LogP contribution >= 0.6 is 11.6 Å². The fraction of sp³-hybridized carbons (Fsp3) is 0.526. The van der Waals surface area contributed by atoms with Gasteiger partial charge in [0.05, 0.1) is 6.10 Å². The third kappa shape index (κ3) is 4.61.